The molecule has 0 amide bonds. The van der Waals surface area contributed by atoms with Gasteiger partial charge in [0.2, 0.25) is 0 Å². The van der Waals surface area contributed by atoms with Crippen LogP contribution in [0.25, 0.3) is 11.1 Å². The van der Waals surface area contributed by atoms with E-state index in [2.05, 4.69) is 48.6 Å². The highest BCUT2D eigenvalue weighted by molar-refractivity contribution is 5.70. The van der Waals surface area contributed by atoms with Crippen LogP contribution in [0.2, 0.25) is 0 Å². The Morgan fingerprint density at radius 3 is 2.43 bits per heavy atom. The van der Waals surface area contributed by atoms with E-state index in [0.29, 0.717) is 6.61 Å². The summed E-state index contributed by atoms with van der Waals surface area (Å²) in [7, 11) is 0. The molecule has 112 valence electrons. The summed E-state index contributed by atoms with van der Waals surface area (Å²) in [4.78, 5) is 0. The van der Waals surface area contributed by atoms with Crippen molar-refractivity contribution in [3.05, 3.63) is 54.6 Å². The molecule has 0 heterocycles. The summed E-state index contributed by atoms with van der Waals surface area (Å²) in [5.74, 6) is 0.957. The third kappa shape index (κ3) is 5.24. The van der Waals surface area contributed by atoms with Gasteiger partial charge < -0.3 is 10.1 Å². The zero-order chi connectivity index (χ0) is 14.8. The van der Waals surface area contributed by atoms with E-state index in [1.165, 1.54) is 24.8 Å². The maximum absolute atomic E-state index is 5.94. The van der Waals surface area contributed by atoms with E-state index in [-0.39, 0.29) is 0 Å². The Morgan fingerprint density at radius 2 is 1.62 bits per heavy atom. The van der Waals surface area contributed by atoms with Gasteiger partial charge in [-0.25, -0.2) is 0 Å². The average molecular weight is 283 g/mol. The van der Waals surface area contributed by atoms with Crippen LogP contribution < -0.4 is 10.1 Å². The van der Waals surface area contributed by atoms with Crippen molar-refractivity contribution in [2.45, 2.75) is 26.2 Å². The third-order valence-electron chi connectivity index (χ3n) is 3.47. The first kappa shape index (κ1) is 15.6. The van der Waals surface area contributed by atoms with Gasteiger partial charge in [-0.1, -0.05) is 68.3 Å². The van der Waals surface area contributed by atoms with Crippen LogP contribution in [0.5, 0.6) is 5.75 Å². The maximum atomic E-state index is 5.94. The fourth-order valence-corrected chi connectivity index (χ4v) is 2.31. The summed E-state index contributed by atoms with van der Waals surface area (Å²) in [5.41, 5.74) is 2.35. The predicted octanol–water partition coefficient (Wildman–Crippen LogP) is 4.51. The van der Waals surface area contributed by atoms with Gasteiger partial charge >= 0.3 is 0 Å². The molecule has 0 saturated carbocycles. The molecule has 1 N–H and O–H groups in total. The molecule has 0 atom stereocenters. The number of hydrogen-bond acceptors (Lipinski definition) is 2. The molecule has 0 unspecified atom stereocenters. The van der Waals surface area contributed by atoms with Gasteiger partial charge in [0.25, 0.3) is 0 Å². The Labute approximate surface area is 128 Å². The van der Waals surface area contributed by atoms with Crippen LogP contribution in [0.1, 0.15) is 26.2 Å². The Morgan fingerprint density at radius 1 is 0.857 bits per heavy atom. The lowest BCUT2D eigenvalue weighted by molar-refractivity contribution is 0.315. The number of nitrogens with one attached hydrogen (secondary N) is 1. The Hall–Kier alpha value is -1.80. The molecule has 0 fully saturated rings. The molecule has 2 aromatic rings. The molecule has 2 nitrogen and oxygen atoms in total. The smallest absolute Gasteiger partial charge is 0.127 e. The van der Waals surface area contributed by atoms with Crippen LogP contribution in [0.4, 0.5) is 0 Å². The lowest BCUT2D eigenvalue weighted by Gasteiger charge is -2.12. The SMILES string of the molecule is CCCCCNCCOc1ccccc1-c1ccccc1. The highest BCUT2D eigenvalue weighted by Crippen LogP contribution is 2.29. The molecule has 0 spiro atoms. The monoisotopic (exact) mass is 283 g/mol. The number of benzene rings is 2. The molecule has 2 heteroatoms. The maximum Gasteiger partial charge on any atom is 0.127 e. The molecule has 0 bridgehead atoms. The van der Waals surface area contributed by atoms with Crippen molar-refractivity contribution < 1.29 is 4.74 Å². The van der Waals surface area contributed by atoms with E-state index in [9.17, 15) is 0 Å². The van der Waals surface area contributed by atoms with E-state index >= 15 is 0 Å². The van der Waals surface area contributed by atoms with Crippen LogP contribution in [0.15, 0.2) is 54.6 Å². The lowest BCUT2D eigenvalue weighted by Crippen LogP contribution is -2.22. The average Bonchev–Trinajstić information content (AvgIpc) is 2.55. The molecule has 0 aromatic heterocycles. The largest absolute Gasteiger partial charge is 0.492 e. The molecule has 0 aliphatic carbocycles. The zero-order valence-corrected chi connectivity index (χ0v) is 12.8. The van der Waals surface area contributed by atoms with Gasteiger partial charge in [-0.3, -0.25) is 0 Å². The van der Waals surface area contributed by atoms with Gasteiger partial charge in [-0.05, 0) is 24.6 Å². The second-order valence-electron chi connectivity index (χ2n) is 5.17. The highest BCUT2D eigenvalue weighted by atomic mass is 16.5. The summed E-state index contributed by atoms with van der Waals surface area (Å²) >= 11 is 0. The van der Waals surface area contributed by atoms with E-state index < -0.39 is 0 Å². The molecule has 0 saturated heterocycles. The number of hydrogen-bond donors (Lipinski definition) is 1. The number of para-hydroxylation sites is 1. The molecule has 2 aromatic carbocycles. The van der Waals surface area contributed by atoms with E-state index in [0.717, 1.165) is 24.4 Å². The summed E-state index contributed by atoms with van der Waals surface area (Å²) in [6, 6.07) is 18.6. The summed E-state index contributed by atoms with van der Waals surface area (Å²) in [5, 5.41) is 3.42. The van der Waals surface area contributed by atoms with Crippen molar-refractivity contribution in [2.75, 3.05) is 19.7 Å². The number of ether oxygens (including phenoxy) is 1. The van der Waals surface area contributed by atoms with Gasteiger partial charge in [0.1, 0.15) is 12.4 Å². The number of unbranched alkanes of at least 4 members (excludes halogenated alkanes) is 2. The van der Waals surface area contributed by atoms with Crippen LogP contribution in [-0.2, 0) is 0 Å². The molecular weight excluding hydrogens is 258 g/mol. The molecular formula is C19H25NO. The second-order valence-corrected chi connectivity index (χ2v) is 5.17. The van der Waals surface area contributed by atoms with Crippen molar-refractivity contribution in [2.24, 2.45) is 0 Å². The van der Waals surface area contributed by atoms with Gasteiger partial charge in [0, 0.05) is 12.1 Å². The van der Waals surface area contributed by atoms with Crippen molar-refractivity contribution in [1.29, 1.82) is 0 Å². The first-order valence-electron chi connectivity index (χ1n) is 7.90. The predicted molar refractivity (Wildman–Crippen MR) is 89.8 cm³/mol. The minimum absolute atomic E-state index is 0.704. The van der Waals surface area contributed by atoms with Crippen LogP contribution in [0.3, 0.4) is 0 Å². The minimum Gasteiger partial charge on any atom is -0.492 e. The van der Waals surface area contributed by atoms with Gasteiger partial charge in [-0.15, -0.1) is 0 Å². The van der Waals surface area contributed by atoms with Gasteiger partial charge in [0.15, 0.2) is 0 Å². The molecule has 0 aliphatic rings. The Bertz CT molecular complexity index is 510. The number of rotatable bonds is 9. The standard InChI is InChI=1S/C19H25NO/c1-2-3-9-14-20-15-16-21-19-13-8-7-12-18(19)17-10-5-4-6-11-17/h4-8,10-13,20H,2-3,9,14-16H2,1H3. The molecule has 21 heavy (non-hydrogen) atoms. The van der Waals surface area contributed by atoms with Gasteiger partial charge in [-0.2, -0.15) is 0 Å². The molecule has 0 aliphatic heterocycles. The van der Waals surface area contributed by atoms with Crippen molar-refractivity contribution in [3.63, 3.8) is 0 Å². The van der Waals surface area contributed by atoms with Crippen molar-refractivity contribution >= 4 is 0 Å². The van der Waals surface area contributed by atoms with Crippen LogP contribution in [-0.4, -0.2) is 19.7 Å². The fourth-order valence-electron chi connectivity index (χ4n) is 2.31. The topological polar surface area (TPSA) is 21.3 Å². The van der Waals surface area contributed by atoms with E-state index in [1.54, 1.807) is 0 Å². The Kier molecular flexibility index (Phi) is 6.82. The van der Waals surface area contributed by atoms with E-state index in [4.69, 9.17) is 4.74 Å². The van der Waals surface area contributed by atoms with Crippen molar-refractivity contribution in [3.8, 4) is 16.9 Å². The summed E-state index contributed by atoms with van der Waals surface area (Å²) in [6.07, 6.45) is 3.81. The molecule has 2 rings (SSSR count). The van der Waals surface area contributed by atoms with Crippen LogP contribution in [0, 0.1) is 0 Å². The second kappa shape index (κ2) is 9.19. The molecule has 0 radical (unpaired) electrons. The van der Waals surface area contributed by atoms with Crippen molar-refractivity contribution in [1.82, 2.24) is 5.32 Å². The fraction of sp³-hybridized carbons (Fsp3) is 0.368. The summed E-state index contributed by atoms with van der Waals surface area (Å²) in [6.45, 7) is 4.91. The van der Waals surface area contributed by atoms with Crippen LogP contribution >= 0.6 is 0 Å². The Balaban J connectivity index is 1.84. The minimum atomic E-state index is 0.704. The van der Waals surface area contributed by atoms with Gasteiger partial charge in [0.05, 0.1) is 0 Å². The zero-order valence-electron chi connectivity index (χ0n) is 12.8. The normalized spacial score (nSPS) is 10.5. The first-order chi connectivity index (χ1) is 10.4. The quantitative estimate of drug-likeness (QED) is 0.684. The summed E-state index contributed by atoms with van der Waals surface area (Å²) < 4.78 is 5.94. The third-order valence-corrected chi connectivity index (χ3v) is 3.47. The lowest BCUT2D eigenvalue weighted by atomic mass is 10.1. The first-order valence-corrected chi connectivity index (χ1v) is 7.90. The highest BCUT2D eigenvalue weighted by Gasteiger charge is 2.04. The van der Waals surface area contributed by atoms with E-state index in [1.807, 2.05) is 18.2 Å².